The predicted octanol–water partition coefficient (Wildman–Crippen LogP) is 1.39. The molecule has 1 fully saturated rings. The van der Waals surface area contributed by atoms with Crippen molar-refractivity contribution in [2.45, 2.75) is 26.3 Å². The molecular formula is C15H23N3O2. The van der Waals surface area contributed by atoms with Crippen LogP contribution in [0.3, 0.4) is 0 Å². The van der Waals surface area contributed by atoms with Crippen molar-refractivity contribution in [1.29, 1.82) is 0 Å². The van der Waals surface area contributed by atoms with E-state index in [9.17, 15) is 9.90 Å². The maximum Gasteiger partial charge on any atom is 0.239 e. The van der Waals surface area contributed by atoms with E-state index in [2.05, 4.69) is 17.6 Å². The number of nitrogens with one attached hydrogen (secondary N) is 2. The van der Waals surface area contributed by atoms with Crippen LogP contribution in [0.2, 0.25) is 0 Å². The molecule has 1 aliphatic rings. The average molecular weight is 277 g/mol. The Bertz CT molecular complexity index is 476. The van der Waals surface area contributed by atoms with Crippen molar-refractivity contribution in [2.24, 2.45) is 0 Å². The lowest BCUT2D eigenvalue weighted by Crippen LogP contribution is -2.47. The molecule has 0 aliphatic carbocycles. The molecule has 1 heterocycles. The van der Waals surface area contributed by atoms with Gasteiger partial charge in [-0.1, -0.05) is 13.0 Å². The van der Waals surface area contributed by atoms with Crippen molar-refractivity contribution in [3.05, 3.63) is 23.8 Å². The lowest BCUT2D eigenvalue weighted by molar-refractivity contribution is -0.120. The first kappa shape index (κ1) is 14.7. The third kappa shape index (κ3) is 3.42. The minimum Gasteiger partial charge on any atom is -0.508 e. The summed E-state index contributed by atoms with van der Waals surface area (Å²) >= 11 is 0. The number of amides is 1. The molecule has 1 unspecified atom stereocenters. The maximum absolute atomic E-state index is 11.4. The van der Waals surface area contributed by atoms with Gasteiger partial charge in [0.2, 0.25) is 5.91 Å². The van der Waals surface area contributed by atoms with Crippen LogP contribution in [0.4, 0.5) is 5.69 Å². The summed E-state index contributed by atoms with van der Waals surface area (Å²) in [5.41, 5.74) is 1.78. The molecule has 1 amide bonds. The molecule has 3 N–H and O–H groups in total. The number of phenolic OH excluding ortho intramolecular Hbond substituents is 1. The molecule has 1 aromatic carbocycles. The summed E-state index contributed by atoms with van der Waals surface area (Å²) in [6.07, 6.45) is 1.06. The Morgan fingerprint density at radius 3 is 2.95 bits per heavy atom. The van der Waals surface area contributed by atoms with Gasteiger partial charge in [-0.2, -0.15) is 0 Å². The van der Waals surface area contributed by atoms with E-state index < -0.39 is 0 Å². The highest BCUT2D eigenvalue weighted by Crippen LogP contribution is 2.29. The smallest absolute Gasteiger partial charge is 0.239 e. The molecule has 1 aliphatic heterocycles. The second-order valence-electron chi connectivity index (χ2n) is 5.19. The summed E-state index contributed by atoms with van der Waals surface area (Å²) in [5.74, 6) is 0.308. The molecule has 110 valence electrons. The monoisotopic (exact) mass is 277 g/mol. The highest BCUT2D eigenvalue weighted by Gasteiger charge is 2.18. The maximum atomic E-state index is 11.4. The van der Waals surface area contributed by atoms with Crippen molar-refractivity contribution >= 4 is 11.6 Å². The lowest BCUT2D eigenvalue weighted by Gasteiger charge is -2.29. The Labute approximate surface area is 120 Å². The van der Waals surface area contributed by atoms with Crippen molar-refractivity contribution < 1.29 is 9.90 Å². The molecular weight excluding hydrogens is 254 g/mol. The molecule has 5 heteroatoms. The number of hydrogen-bond donors (Lipinski definition) is 3. The normalized spacial score (nSPS) is 16.9. The number of rotatable bonds is 5. The number of phenols is 1. The SMILES string of the molecule is CCCNC(C)c1ccc(N2CCNC(=O)C2)cc1O. The Morgan fingerprint density at radius 1 is 1.50 bits per heavy atom. The van der Waals surface area contributed by atoms with Gasteiger partial charge in [-0.25, -0.2) is 0 Å². The van der Waals surface area contributed by atoms with Gasteiger partial charge in [-0.05, 0) is 26.0 Å². The van der Waals surface area contributed by atoms with Gasteiger partial charge in [0.05, 0.1) is 6.54 Å². The van der Waals surface area contributed by atoms with Gasteiger partial charge in [0.25, 0.3) is 0 Å². The van der Waals surface area contributed by atoms with E-state index in [4.69, 9.17) is 0 Å². The quantitative estimate of drug-likeness (QED) is 0.761. The Hall–Kier alpha value is -1.75. The first-order valence-corrected chi connectivity index (χ1v) is 7.19. The average Bonchev–Trinajstić information content (AvgIpc) is 2.44. The lowest BCUT2D eigenvalue weighted by atomic mass is 10.1. The van der Waals surface area contributed by atoms with Crippen molar-refractivity contribution in [1.82, 2.24) is 10.6 Å². The summed E-state index contributed by atoms with van der Waals surface area (Å²) in [6, 6.07) is 5.77. The minimum atomic E-state index is 0.0257. The fraction of sp³-hybridized carbons (Fsp3) is 0.533. The Kier molecular flexibility index (Phi) is 4.84. The molecule has 0 saturated carbocycles. The van der Waals surface area contributed by atoms with E-state index in [1.165, 1.54) is 0 Å². The number of carbonyl (C=O) groups excluding carboxylic acids is 1. The molecule has 0 spiro atoms. The van der Waals surface area contributed by atoms with E-state index >= 15 is 0 Å². The van der Waals surface area contributed by atoms with Gasteiger partial charge in [0.1, 0.15) is 5.75 Å². The molecule has 1 aromatic rings. The highest BCUT2D eigenvalue weighted by molar-refractivity contribution is 5.82. The molecule has 5 nitrogen and oxygen atoms in total. The van der Waals surface area contributed by atoms with Crippen LogP contribution in [0, 0.1) is 0 Å². The summed E-state index contributed by atoms with van der Waals surface area (Å²) in [4.78, 5) is 13.4. The number of hydrogen-bond acceptors (Lipinski definition) is 4. The van der Waals surface area contributed by atoms with Gasteiger partial charge in [-0.15, -0.1) is 0 Å². The highest BCUT2D eigenvalue weighted by atomic mass is 16.3. The summed E-state index contributed by atoms with van der Waals surface area (Å²) in [6.45, 7) is 6.85. The van der Waals surface area contributed by atoms with Crippen molar-refractivity contribution in [2.75, 3.05) is 31.1 Å². The molecule has 2 rings (SSSR count). The van der Waals surface area contributed by atoms with Crippen molar-refractivity contribution in [3.63, 3.8) is 0 Å². The second-order valence-corrected chi connectivity index (χ2v) is 5.19. The second kappa shape index (κ2) is 6.61. The van der Waals surface area contributed by atoms with E-state index in [0.29, 0.717) is 13.1 Å². The number of aromatic hydroxyl groups is 1. The van der Waals surface area contributed by atoms with Crippen LogP contribution in [0.25, 0.3) is 0 Å². The zero-order valence-corrected chi connectivity index (χ0v) is 12.1. The van der Waals surface area contributed by atoms with E-state index in [-0.39, 0.29) is 17.7 Å². The summed E-state index contributed by atoms with van der Waals surface area (Å²) in [7, 11) is 0. The van der Waals surface area contributed by atoms with Gasteiger partial charge < -0.3 is 20.6 Å². The van der Waals surface area contributed by atoms with Crippen LogP contribution in [-0.4, -0.2) is 37.2 Å². The largest absolute Gasteiger partial charge is 0.508 e. The van der Waals surface area contributed by atoms with E-state index in [1.54, 1.807) is 6.07 Å². The van der Waals surface area contributed by atoms with Crippen LogP contribution in [-0.2, 0) is 4.79 Å². The number of piperazine rings is 1. The summed E-state index contributed by atoms with van der Waals surface area (Å²) < 4.78 is 0. The van der Waals surface area contributed by atoms with E-state index in [0.717, 1.165) is 30.8 Å². The molecule has 1 atom stereocenters. The molecule has 0 radical (unpaired) electrons. The van der Waals surface area contributed by atoms with Crippen LogP contribution >= 0.6 is 0 Å². The van der Waals surface area contributed by atoms with Crippen molar-refractivity contribution in [3.8, 4) is 5.75 Å². The Balaban J connectivity index is 2.10. The third-order valence-corrected chi connectivity index (χ3v) is 3.58. The minimum absolute atomic E-state index is 0.0257. The Morgan fingerprint density at radius 2 is 2.30 bits per heavy atom. The fourth-order valence-corrected chi connectivity index (χ4v) is 2.42. The number of carbonyl (C=O) groups is 1. The van der Waals surface area contributed by atoms with Gasteiger partial charge >= 0.3 is 0 Å². The molecule has 20 heavy (non-hydrogen) atoms. The van der Waals surface area contributed by atoms with Crippen LogP contribution in [0.15, 0.2) is 18.2 Å². The number of nitrogens with zero attached hydrogens (tertiary/aromatic N) is 1. The van der Waals surface area contributed by atoms with Crippen LogP contribution in [0.5, 0.6) is 5.75 Å². The van der Waals surface area contributed by atoms with Gasteiger partial charge in [0.15, 0.2) is 0 Å². The zero-order chi connectivity index (χ0) is 14.5. The standard InChI is InChI=1S/C15H23N3O2/c1-3-6-16-11(2)13-5-4-12(9-14(13)19)18-8-7-17-15(20)10-18/h4-5,9,11,16,19H,3,6-8,10H2,1-2H3,(H,17,20). The molecule has 0 aromatic heterocycles. The van der Waals surface area contributed by atoms with Crippen LogP contribution in [0.1, 0.15) is 31.9 Å². The first-order valence-electron chi connectivity index (χ1n) is 7.19. The predicted molar refractivity (Wildman–Crippen MR) is 80.0 cm³/mol. The van der Waals surface area contributed by atoms with Gasteiger partial charge in [0, 0.05) is 36.4 Å². The zero-order valence-electron chi connectivity index (χ0n) is 12.1. The molecule has 0 bridgehead atoms. The fourth-order valence-electron chi connectivity index (χ4n) is 2.42. The number of benzene rings is 1. The molecule has 1 saturated heterocycles. The number of anilines is 1. The van der Waals surface area contributed by atoms with Crippen LogP contribution < -0.4 is 15.5 Å². The first-order chi connectivity index (χ1) is 9.61. The summed E-state index contributed by atoms with van der Waals surface area (Å²) in [5, 5.41) is 16.3. The van der Waals surface area contributed by atoms with Gasteiger partial charge in [-0.3, -0.25) is 4.79 Å². The third-order valence-electron chi connectivity index (χ3n) is 3.58. The van der Waals surface area contributed by atoms with E-state index in [1.807, 2.05) is 24.0 Å². The topological polar surface area (TPSA) is 64.6 Å².